The Morgan fingerprint density at radius 2 is 1.56 bits per heavy atom. The molecule has 0 saturated carbocycles. The minimum absolute atomic E-state index is 0.365. The summed E-state index contributed by atoms with van der Waals surface area (Å²) in [6.07, 6.45) is 0. The normalized spacial score (nSPS) is 10.3. The number of ether oxygens (including phenoxy) is 1. The highest BCUT2D eigenvalue weighted by molar-refractivity contribution is 6.08. The first-order valence-electron chi connectivity index (χ1n) is 8.53. The van der Waals surface area contributed by atoms with E-state index in [9.17, 15) is 9.59 Å². The first kappa shape index (κ1) is 18.2. The first-order chi connectivity index (χ1) is 13.1. The van der Waals surface area contributed by atoms with E-state index in [2.05, 4.69) is 5.32 Å². The van der Waals surface area contributed by atoms with Crippen LogP contribution in [0.4, 0.5) is 4.79 Å². The summed E-state index contributed by atoms with van der Waals surface area (Å²) in [4.78, 5) is 23.5. The van der Waals surface area contributed by atoms with Gasteiger partial charge in [0.1, 0.15) is 12.4 Å². The molecule has 0 radical (unpaired) electrons. The SMILES string of the molecule is Cc1c(OCc2ccccc2)ccc(C(=O)NC(N)=O)c1-c1ccccc1. The zero-order valence-corrected chi connectivity index (χ0v) is 14.9. The fraction of sp³-hybridized carbons (Fsp3) is 0.0909. The Morgan fingerprint density at radius 3 is 2.19 bits per heavy atom. The second kappa shape index (κ2) is 8.19. The highest BCUT2D eigenvalue weighted by Crippen LogP contribution is 2.34. The van der Waals surface area contributed by atoms with E-state index in [0.29, 0.717) is 23.5 Å². The van der Waals surface area contributed by atoms with Gasteiger partial charge in [-0.1, -0.05) is 60.7 Å². The summed E-state index contributed by atoms with van der Waals surface area (Å²) < 4.78 is 5.98. The fourth-order valence-electron chi connectivity index (χ4n) is 2.93. The second-order valence-electron chi connectivity index (χ2n) is 6.07. The number of urea groups is 1. The van der Waals surface area contributed by atoms with Crippen molar-refractivity contribution in [1.82, 2.24) is 5.32 Å². The van der Waals surface area contributed by atoms with E-state index in [1.54, 1.807) is 12.1 Å². The van der Waals surface area contributed by atoms with Crippen molar-refractivity contribution in [2.75, 3.05) is 0 Å². The van der Waals surface area contributed by atoms with Gasteiger partial charge in [0.25, 0.3) is 5.91 Å². The van der Waals surface area contributed by atoms with E-state index in [-0.39, 0.29) is 0 Å². The molecule has 3 aromatic carbocycles. The predicted molar refractivity (Wildman–Crippen MR) is 104 cm³/mol. The fourth-order valence-corrected chi connectivity index (χ4v) is 2.93. The number of hydrogen-bond donors (Lipinski definition) is 2. The Labute approximate surface area is 157 Å². The number of benzene rings is 3. The molecule has 0 atom stereocenters. The molecule has 3 rings (SSSR count). The average molecular weight is 360 g/mol. The first-order valence-corrected chi connectivity index (χ1v) is 8.53. The quantitative estimate of drug-likeness (QED) is 0.720. The lowest BCUT2D eigenvalue weighted by atomic mass is 9.94. The summed E-state index contributed by atoms with van der Waals surface area (Å²) in [7, 11) is 0. The summed E-state index contributed by atoms with van der Waals surface area (Å²) in [5, 5.41) is 2.13. The van der Waals surface area contributed by atoms with Crippen LogP contribution in [0.2, 0.25) is 0 Å². The van der Waals surface area contributed by atoms with Crippen molar-refractivity contribution in [3.8, 4) is 16.9 Å². The van der Waals surface area contributed by atoms with Gasteiger partial charge in [-0.25, -0.2) is 4.79 Å². The van der Waals surface area contributed by atoms with Gasteiger partial charge in [0.05, 0.1) is 0 Å². The van der Waals surface area contributed by atoms with Gasteiger partial charge in [0, 0.05) is 11.1 Å². The van der Waals surface area contributed by atoms with Crippen molar-refractivity contribution < 1.29 is 14.3 Å². The molecule has 0 aliphatic rings. The van der Waals surface area contributed by atoms with Crippen molar-refractivity contribution >= 4 is 11.9 Å². The van der Waals surface area contributed by atoms with Gasteiger partial charge in [-0.05, 0) is 35.7 Å². The molecule has 5 nitrogen and oxygen atoms in total. The van der Waals surface area contributed by atoms with Crippen molar-refractivity contribution in [2.24, 2.45) is 5.73 Å². The second-order valence-corrected chi connectivity index (χ2v) is 6.07. The van der Waals surface area contributed by atoms with Crippen LogP contribution in [-0.2, 0) is 6.61 Å². The number of carbonyl (C=O) groups excluding carboxylic acids is 2. The molecule has 5 heteroatoms. The highest BCUT2D eigenvalue weighted by Gasteiger charge is 2.19. The Hall–Kier alpha value is -3.60. The van der Waals surface area contributed by atoms with Gasteiger partial charge >= 0.3 is 6.03 Å². The Morgan fingerprint density at radius 1 is 0.926 bits per heavy atom. The van der Waals surface area contributed by atoms with Crippen LogP contribution in [0.25, 0.3) is 11.1 Å². The third-order valence-corrected chi connectivity index (χ3v) is 4.20. The minimum atomic E-state index is -0.888. The number of amides is 3. The molecular weight excluding hydrogens is 340 g/mol. The van der Waals surface area contributed by atoms with Crippen molar-refractivity contribution in [1.29, 1.82) is 0 Å². The maximum absolute atomic E-state index is 12.4. The maximum Gasteiger partial charge on any atom is 0.319 e. The average Bonchev–Trinajstić information content (AvgIpc) is 2.67. The molecule has 0 saturated heterocycles. The summed E-state index contributed by atoms with van der Waals surface area (Å²) in [5.74, 6) is 0.132. The number of imide groups is 1. The van der Waals surface area contributed by atoms with Gasteiger partial charge in [-0.15, -0.1) is 0 Å². The lowest BCUT2D eigenvalue weighted by molar-refractivity contribution is 0.0966. The number of rotatable bonds is 5. The molecule has 3 amide bonds. The third-order valence-electron chi connectivity index (χ3n) is 4.20. The van der Waals surface area contributed by atoms with Gasteiger partial charge in [-0.2, -0.15) is 0 Å². The lowest BCUT2D eigenvalue weighted by Crippen LogP contribution is -2.35. The smallest absolute Gasteiger partial charge is 0.319 e. The van der Waals surface area contributed by atoms with Crippen molar-refractivity contribution in [2.45, 2.75) is 13.5 Å². The number of nitrogens with one attached hydrogen (secondary N) is 1. The number of carbonyl (C=O) groups is 2. The van der Waals surface area contributed by atoms with E-state index in [1.165, 1.54) is 0 Å². The Kier molecular flexibility index (Phi) is 5.52. The van der Waals surface area contributed by atoms with Gasteiger partial charge in [0.15, 0.2) is 0 Å². The van der Waals surface area contributed by atoms with Gasteiger partial charge in [0.2, 0.25) is 0 Å². The Bertz CT molecular complexity index is 954. The summed E-state index contributed by atoms with van der Waals surface area (Å²) in [6.45, 7) is 2.31. The molecule has 0 unspecified atom stereocenters. The number of nitrogens with two attached hydrogens (primary N) is 1. The van der Waals surface area contributed by atoms with Crippen LogP contribution in [0, 0.1) is 6.92 Å². The van der Waals surface area contributed by atoms with E-state index in [1.807, 2.05) is 67.6 Å². The number of hydrogen-bond acceptors (Lipinski definition) is 3. The summed E-state index contributed by atoms with van der Waals surface area (Å²) in [5.41, 5.74) is 8.90. The molecule has 136 valence electrons. The van der Waals surface area contributed by atoms with E-state index in [4.69, 9.17) is 10.5 Å². The van der Waals surface area contributed by atoms with E-state index in [0.717, 1.165) is 16.7 Å². The zero-order valence-electron chi connectivity index (χ0n) is 14.9. The molecule has 0 heterocycles. The predicted octanol–water partition coefficient (Wildman–Crippen LogP) is 4.05. The molecule has 0 spiro atoms. The standard InChI is InChI=1S/C22H20N2O3/c1-15-19(27-14-16-8-4-2-5-9-16)13-12-18(21(25)24-22(23)26)20(15)17-10-6-3-7-11-17/h2-13H,14H2,1H3,(H3,23,24,25,26). The van der Waals surface area contributed by atoms with Crippen LogP contribution in [-0.4, -0.2) is 11.9 Å². The summed E-state index contributed by atoms with van der Waals surface area (Å²) in [6, 6.07) is 21.8. The maximum atomic E-state index is 12.4. The molecule has 0 bridgehead atoms. The molecule has 0 aliphatic heterocycles. The van der Waals surface area contributed by atoms with Gasteiger partial charge < -0.3 is 10.5 Å². The van der Waals surface area contributed by atoms with Crippen LogP contribution >= 0.6 is 0 Å². The van der Waals surface area contributed by atoms with Crippen LogP contribution in [0.3, 0.4) is 0 Å². The molecule has 3 aromatic rings. The molecule has 0 fully saturated rings. The van der Waals surface area contributed by atoms with Crippen LogP contribution in [0.1, 0.15) is 21.5 Å². The minimum Gasteiger partial charge on any atom is -0.489 e. The van der Waals surface area contributed by atoms with Crippen LogP contribution in [0.5, 0.6) is 5.75 Å². The molecule has 3 N–H and O–H groups in total. The largest absolute Gasteiger partial charge is 0.489 e. The monoisotopic (exact) mass is 360 g/mol. The molecule has 0 aromatic heterocycles. The van der Waals surface area contributed by atoms with Crippen LogP contribution in [0.15, 0.2) is 72.8 Å². The third kappa shape index (κ3) is 4.33. The van der Waals surface area contributed by atoms with E-state index < -0.39 is 11.9 Å². The Balaban J connectivity index is 2.00. The van der Waals surface area contributed by atoms with E-state index >= 15 is 0 Å². The molecular formula is C22H20N2O3. The number of primary amides is 1. The van der Waals surface area contributed by atoms with Gasteiger partial charge in [-0.3, -0.25) is 10.1 Å². The zero-order chi connectivity index (χ0) is 19.2. The summed E-state index contributed by atoms with van der Waals surface area (Å²) >= 11 is 0. The van der Waals surface area contributed by atoms with Crippen molar-refractivity contribution in [3.63, 3.8) is 0 Å². The highest BCUT2D eigenvalue weighted by atomic mass is 16.5. The molecule has 0 aliphatic carbocycles. The lowest BCUT2D eigenvalue weighted by Gasteiger charge is -2.17. The van der Waals surface area contributed by atoms with Crippen molar-refractivity contribution in [3.05, 3.63) is 89.5 Å². The molecule has 27 heavy (non-hydrogen) atoms. The topological polar surface area (TPSA) is 81.4 Å². The van der Waals surface area contributed by atoms with Crippen LogP contribution < -0.4 is 15.8 Å².